The van der Waals surface area contributed by atoms with Crippen LogP contribution in [0.2, 0.25) is 0 Å². The lowest BCUT2D eigenvalue weighted by Gasteiger charge is -2.14. The summed E-state index contributed by atoms with van der Waals surface area (Å²) in [5.74, 6) is 3.55. The van der Waals surface area contributed by atoms with Gasteiger partial charge in [0, 0.05) is 17.1 Å². The molecular formula is C23H21N3O3. The molecule has 4 rings (SSSR count). The quantitative estimate of drug-likeness (QED) is 0.472. The van der Waals surface area contributed by atoms with Crippen LogP contribution in [0.25, 0.3) is 10.9 Å². The smallest absolute Gasteiger partial charge is 0.162 e. The molecule has 0 spiro atoms. The predicted octanol–water partition coefficient (Wildman–Crippen LogP) is 5.49. The first-order chi connectivity index (χ1) is 14.2. The fourth-order valence-electron chi connectivity index (χ4n) is 3.08. The summed E-state index contributed by atoms with van der Waals surface area (Å²) in [4.78, 5) is 8.74. The van der Waals surface area contributed by atoms with E-state index in [4.69, 9.17) is 14.2 Å². The summed E-state index contributed by atoms with van der Waals surface area (Å²) < 4.78 is 16.7. The van der Waals surface area contributed by atoms with Gasteiger partial charge in [0.15, 0.2) is 11.5 Å². The number of hydrogen-bond donors (Lipinski definition) is 1. The average molecular weight is 387 g/mol. The van der Waals surface area contributed by atoms with Gasteiger partial charge >= 0.3 is 0 Å². The van der Waals surface area contributed by atoms with Gasteiger partial charge in [-0.1, -0.05) is 18.2 Å². The number of aryl methyl sites for hydroxylation is 1. The molecule has 6 heteroatoms. The predicted molar refractivity (Wildman–Crippen MR) is 114 cm³/mol. The highest BCUT2D eigenvalue weighted by Gasteiger charge is 2.12. The summed E-state index contributed by atoms with van der Waals surface area (Å²) in [7, 11) is 3.21. The molecule has 146 valence electrons. The Hall–Kier alpha value is -3.80. The van der Waals surface area contributed by atoms with Gasteiger partial charge in [-0.05, 0) is 48.9 Å². The molecule has 0 aliphatic rings. The minimum absolute atomic E-state index is 0.626. The molecule has 0 amide bonds. The minimum atomic E-state index is 0.626. The fourth-order valence-corrected chi connectivity index (χ4v) is 3.08. The number of rotatable bonds is 6. The van der Waals surface area contributed by atoms with Crippen LogP contribution in [0, 0.1) is 6.92 Å². The molecule has 0 fully saturated rings. The van der Waals surface area contributed by atoms with Gasteiger partial charge in [0.05, 0.1) is 19.7 Å². The van der Waals surface area contributed by atoms with Gasteiger partial charge in [0.1, 0.15) is 23.6 Å². The Morgan fingerprint density at radius 2 is 1.55 bits per heavy atom. The number of fused-ring (bicyclic) bond motifs is 1. The Kier molecular flexibility index (Phi) is 5.16. The first-order valence-corrected chi connectivity index (χ1v) is 9.15. The normalized spacial score (nSPS) is 10.6. The van der Waals surface area contributed by atoms with Crippen LogP contribution in [0.5, 0.6) is 23.0 Å². The second-order valence-electron chi connectivity index (χ2n) is 6.47. The Morgan fingerprint density at radius 3 is 2.28 bits per heavy atom. The van der Waals surface area contributed by atoms with Crippen molar-refractivity contribution in [3.8, 4) is 23.0 Å². The van der Waals surface area contributed by atoms with Gasteiger partial charge in [0.25, 0.3) is 0 Å². The minimum Gasteiger partial charge on any atom is -0.493 e. The topological polar surface area (TPSA) is 65.5 Å². The third-order valence-corrected chi connectivity index (χ3v) is 4.55. The molecule has 3 aromatic carbocycles. The van der Waals surface area contributed by atoms with Gasteiger partial charge in [-0.15, -0.1) is 0 Å². The zero-order valence-corrected chi connectivity index (χ0v) is 16.5. The average Bonchev–Trinajstić information content (AvgIpc) is 2.75. The van der Waals surface area contributed by atoms with E-state index in [1.807, 2.05) is 67.6 Å². The highest BCUT2D eigenvalue weighted by atomic mass is 16.5. The Balaban J connectivity index is 1.64. The van der Waals surface area contributed by atoms with Crippen molar-refractivity contribution >= 4 is 22.4 Å². The molecule has 1 aromatic heterocycles. The zero-order valence-electron chi connectivity index (χ0n) is 16.5. The summed E-state index contributed by atoms with van der Waals surface area (Å²) in [5.41, 5.74) is 2.68. The number of nitrogens with zero attached hydrogens (tertiary/aromatic N) is 2. The first kappa shape index (κ1) is 18.6. The maximum atomic E-state index is 5.96. The van der Waals surface area contributed by atoms with Crippen LogP contribution in [0.4, 0.5) is 11.5 Å². The number of aromatic nitrogens is 2. The Labute approximate surface area is 169 Å². The number of para-hydroxylation sites is 1. The van der Waals surface area contributed by atoms with Gasteiger partial charge < -0.3 is 19.5 Å². The molecule has 0 bridgehead atoms. The van der Waals surface area contributed by atoms with E-state index in [-0.39, 0.29) is 0 Å². The number of nitrogens with one attached hydrogen (secondary N) is 1. The lowest BCUT2D eigenvalue weighted by molar-refractivity contribution is 0.356. The van der Waals surface area contributed by atoms with E-state index in [1.165, 1.54) is 6.33 Å². The lowest BCUT2D eigenvalue weighted by Crippen LogP contribution is -1.98. The second-order valence-corrected chi connectivity index (χ2v) is 6.47. The van der Waals surface area contributed by atoms with E-state index in [1.54, 1.807) is 14.2 Å². The Morgan fingerprint density at radius 1 is 0.793 bits per heavy atom. The molecule has 1 heterocycles. The highest BCUT2D eigenvalue weighted by molar-refractivity contribution is 5.93. The van der Waals surface area contributed by atoms with E-state index in [0.29, 0.717) is 17.3 Å². The molecule has 4 aromatic rings. The van der Waals surface area contributed by atoms with Crippen LogP contribution in [0.15, 0.2) is 67.0 Å². The second kappa shape index (κ2) is 8.06. The summed E-state index contributed by atoms with van der Waals surface area (Å²) in [5, 5.41) is 4.20. The SMILES string of the molecule is COc1cc2ncnc(Nc3ccc(Oc4ccccc4)c(C)c3)c2cc1OC. The fraction of sp³-hybridized carbons (Fsp3) is 0.130. The summed E-state index contributed by atoms with van der Waals surface area (Å²) in [6.07, 6.45) is 1.52. The molecule has 0 unspecified atom stereocenters. The lowest BCUT2D eigenvalue weighted by atomic mass is 10.1. The van der Waals surface area contributed by atoms with Crippen molar-refractivity contribution in [3.63, 3.8) is 0 Å². The van der Waals surface area contributed by atoms with Crippen molar-refractivity contribution < 1.29 is 14.2 Å². The van der Waals surface area contributed by atoms with Crippen molar-refractivity contribution in [2.45, 2.75) is 6.92 Å². The number of hydrogen-bond acceptors (Lipinski definition) is 6. The van der Waals surface area contributed by atoms with Crippen LogP contribution in [0.1, 0.15) is 5.56 Å². The summed E-state index contributed by atoms with van der Waals surface area (Å²) >= 11 is 0. The molecular weight excluding hydrogens is 366 g/mol. The van der Waals surface area contributed by atoms with E-state index >= 15 is 0 Å². The van der Waals surface area contributed by atoms with Crippen molar-refractivity contribution in [3.05, 3.63) is 72.6 Å². The zero-order chi connectivity index (χ0) is 20.2. The number of ether oxygens (including phenoxy) is 3. The molecule has 29 heavy (non-hydrogen) atoms. The van der Waals surface area contributed by atoms with E-state index in [0.717, 1.165) is 33.7 Å². The van der Waals surface area contributed by atoms with Crippen LogP contribution >= 0.6 is 0 Å². The molecule has 0 saturated carbocycles. The Bertz CT molecular complexity index is 1150. The molecule has 0 radical (unpaired) electrons. The number of methoxy groups -OCH3 is 2. The van der Waals surface area contributed by atoms with Crippen LogP contribution < -0.4 is 19.5 Å². The van der Waals surface area contributed by atoms with Gasteiger partial charge in [-0.2, -0.15) is 0 Å². The van der Waals surface area contributed by atoms with Gasteiger partial charge in [-0.3, -0.25) is 0 Å². The molecule has 0 aliphatic carbocycles. The van der Waals surface area contributed by atoms with Crippen molar-refractivity contribution in [2.24, 2.45) is 0 Å². The highest BCUT2D eigenvalue weighted by Crippen LogP contribution is 2.35. The van der Waals surface area contributed by atoms with E-state index in [9.17, 15) is 0 Å². The molecule has 0 atom stereocenters. The molecule has 6 nitrogen and oxygen atoms in total. The third kappa shape index (κ3) is 3.91. The third-order valence-electron chi connectivity index (χ3n) is 4.55. The van der Waals surface area contributed by atoms with E-state index in [2.05, 4.69) is 15.3 Å². The number of benzene rings is 3. The van der Waals surface area contributed by atoms with Crippen molar-refractivity contribution in [1.82, 2.24) is 9.97 Å². The van der Waals surface area contributed by atoms with Crippen molar-refractivity contribution in [1.29, 1.82) is 0 Å². The standard InChI is InChI=1S/C23H21N3O3/c1-15-11-16(9-10-20(15)29-17-7-5-4-6-8-17)26-23-18-12-21(27-2)22(28-3)13-19(18)24-14-25-23/h4-14H,1-3H3,(H,24,25,26). The van der Waals surface area contributed by atoms with Crippen LogP contribution in [-0.4, -0.2) is 24.2 Å². The summed E-state index contributed by atoms with van der Waals surface area (Å²) in [6, 6.07) is 19.3. The van der Waals surface area contributed by atoms with Crippen LogP contribution in [0.3, 0.4) is 0 Å². The van der Waals surface area contributed by atoms with Gasteiger partial charge in [-0.25, -0.2) is 9.97 Å². The molecule has 0 saturated heterocycles. The van der Waals surface area contributed by atoms with E-state index < -0.39 is 0 Å². The van der Waals surface area contributed by atoms with Crippen LogP contribution in [-0.2, 0) is 0 Å². The maximum absolute atomic E-state index is 5.96. The monoisotopic (exact) mass is 387 g/mol. The molecule has 1 N–H and O–H groups in total. The molecule has 0 aliphatic heterocycles. The maximum Gasteiger partial charge on any atom is 0.162 e. The summed E-state index contributed by atoms with van der Waals surface area (Å²) in [6.45, 7) is 2.01. The largest absolute Gasteiger partial charge is 0.493 e. The van der Waals surface area contributed by atoms with Gasteiger partial charge in [0.2, 0.25) is 0 Å². The van der Waals surface area contributed by atoms with Crippen molar-refractivity contribution in [2.75, 3.05) is 19.5 Å². The number of anilines is 2. The first-order valence-electron chi connectivity index (χ1n) is 9.15.